The second-order valence-electron chi connectivity index (χ2n) is 2.05. The Morgan fingerprint density at radius 3 is 2.27 bits per heavy atom. The predicted molar refractivity (Wildman–Crippen MR) is 34.3 cm³/mol. The van der Waals surface area contributed by atoms with Crippen LogP contribution in [0.3, 0.4) is 0 Å². The highest BCUT2D eigenvalue weighted by Gasteiger charge is 2.21. The molecule has 6 heteroatoms. The molecule has 0 unspecified atom stereocenters. The molecule has 2 atom stereocenters. The van der Waals surface area contributed by atoms with Crippen molar-refractivity contribution in [3.63, 3.8) is 0 Å². The molecule has 0 radical (unpaired) electrons. The van der Waals surface area contributed by atoms with E-state index in [9.17, 15) is 14.0 Å². The summed E-state index contributed by atoms with van der Waals surface area (Å²) in [5.74, 6) is -2.55. The fourth-order valence-electron chi connectivity index (χ4n) is 0.440. The van der Waals surface area contributed by atoms with Crippen molar-refractivity contribution >= 4 is 11.9 Å². The summed E-state index contributed by atoms with van der Waals surface area (Å²) in [5.41, 5.74) is 9.43. The van der Waals surface area contributed by atoms with E-state index in [2.05, 4.69) is 5.73 Å². The number of amides is 1. The number of carbonyl (C=O) groups is 2. The zero-order valence-corrected chi connectivity index (χ0v) is 5.66. The van der Waals surface area contributed by atoms with Gasteiger partial charge in [0.05, 0.1) is 0 Å². The van der Waals surface area contributed by atoms with Crippen LogP contribution >= 0.6 is 0 Å². The van der Waals surface area contributed by atoms with Crippen molar-refractivity contribution in [3.8, 4) is 0 Å². The average molecular weight is 163 g/mol. The number of hydrogen-bond acceptors (Lipinski definition) is 3. The van der Waals surface area contributed by atoms with Crippen LogP contribution in [0, 0.1) is 0 Å². The second kappa shape index (κ2) is 3.87. The van der Waals surface area contributed by atoms with Gasteiger partial charge in [-0.15, -0.1) is 0 Å². The molecule has 0 saturated heterocycles. The van der Waals surface area contributed by atoms with E-state index < -0.39 is 30.5 Å². The van der Waals surface area contributed by atoms with Gasteiger partial charge in [-0.05, 0) is 0 Å². The summed E-state index contributed by atoms with van der Waals surface area (Å²) in [6, 6.07) is -1.38. The first-order valence-corrected chi connectivity index (χ1v) is 2.87. The van der Waals surface area contributed by atoms with E-state index in [1.165, 1.54) is 0 Å². The van der Waals surface area contributed by atoms with Crippen molar-refractivity contribution in [3.05, 3.63) is 0 Å². The summed E-state index contributed by atoms with van der Waals surface area (Å²) in [5, 5.41) is 8.17. The third-order valence-electron chi connectivity index (χ3n) is 1.09. The zero-order valence-electron chi connectivity index (χ0n) is 5.66. The lowest BCUT2D eigenvalue weighted by Crippen LogP contribution is -2.37. The van der Waals surface area contributed by atoms with Gasteiger partial charge in [0.25, 0.3) is 5.91 Å². The van der Waals surface area contributed by atoms with E-state index in [-0.39, 0.29) is 0 Å². The number of primary amides is 1. The van der Waals surface area contributed by atoms with Crippen molar-refractivity contribution in [2.24, 2.45) is 11.5 Å². The molecule has 0 spiro atoms. The number of alkyl halides is 1. The lowest BCUT2D eigenvalue weighted by molar-refractivity contribution is -0.139. The highest BCUT2D eigenvalue weighted by molar-refractivity contribution is 5.80. The van der Waals surface area contributed by atoms with Crippen LogP contribution in [0.2, 0.25) is 0 Å². The molecule has 11 heavy (non-hydrogen) atoms. The Morgan fingerprint density at radius 1 is 1.55 bits per heavy atom. The third-order valence-corrected chi connectivity index (χ3v) is 1.09. The first-order chi connectivity index (χ1) is 4.95. The molecular weight excluding hydrogens is 154 g/mol. The van der Waals surface area contributed by atoms with Gasteiger partial charge in [0, 0.05) is 6.42 Å². The van der Waals surface area contributed by atoms with Crippen LogP contribution in [0.5, 0.6) is 0 Å². The molecule has 0 aromatic heterocycles. The maximum Gasteiger partial charge on any atom is 0.320 e. The average Bonchev–Trinajstić information content (AvgIpc) is 1.87. The van der Waals surface area contributed by atoms with Gasteiger partial charge in [-0.25, -0.2) is 4.39 Å². The van der Waals surface area contributed by atoms with Gasteiger partial charge < -0.3 is 16.6 Å². The van der Waals surface area contributed by atoms with Gasteiger partial charge in [0.1, 0.15) is 6.04 Å². The van der Waals surface area contributed by atoms with Gasteiger partial charge in [0.15, 0.2) is 6.17 Å². The molecule has 0 aromatic rings. The summed E-state index contributed by atoms with van der Waals surface area (Å²) >= 11 is 0. The smallest absolute Gasteiger partial charge is 0.320 e. The second-order valence-corrected chi connectivity index (χ2v) is 2.05. The van der Waals surface area contributed by atoms with Crippen molar-refractivity contribution < 1.29 is 19.1 Å². The van der Waals surface area contributed by atoms with Gasteiger partial charge in [-0.2, -0.15) is 0 Å². The molecule has 0 aliphatic heterocycles. The Labute approximate surface area is 62.2 Å². The zero-order chi connectivity index (χ0) is 9.02. The van der Waals surface area contributed by atoms with Crippen LogP contribution in [0.4, 0.5) is 4.39 Å². The molecule has 0 fully saturated rings. The Balaban J connectivity index is 3.84. The minimum atomic E-state index is -1.99. The van der Waals surface area contributed by atoms with Crippen LogP contribution in [-0.4, -0.2) is 29.2 Å². The van der Waals surface area contributed by atoms with E-state index >= 15 is 0 Å². The van der Waals surface area contributed by atoms with Gasteiger partial charge in [0.2, 0.25) is 0 Å². The third kappa shape index (κ3) is 3.51. The van der Waals surface area contributed by atoms with E-state index in [1.54, 1.807) is 0 Å². The molecular formula is C5H9FN2O3. The molecule has 64 valence electrons. The Bertz CT molecular complexity index is 155. The molecule has 0 rings (SSSR count). The summed E-state index contributed by atoms with van der Waals surface area (Å²) in [6.45, 7) is 0. The highest BCUT2D eigenvalue weighted by Crippen LogP contribution is 1.99. The first kappa shape index (κ1) is 9.83. The van der Waals surface area contributed by atoms with Crippen LogP contribution in [0.25, 0.3) is 0 Å². The van der Waals surface area contributed by atoms with Crippen molar-refractivity contribution in [2.45, 2.75) is 18.6 Å². The number of carbonyl (C=O) groups excluding carboxylic acids is 1. The quantitative estimate of drug-likeness (QED) is 0.474. The molecule has 0 aliphatic carbocycles. The molecule has 0 heterocycles. The van der Waals surface area contributed by atoms with Crippen molar-refractivity contribution in [1.29, 1.82) is 0 Å². The van der Waals surface area contributed by atoms with Crippen LogP contribution in [-0.2, 0) is 9.59 Å². The number of aliphatic carboxylic acids is 1. The summed E-state index contributed by atoms with van der Waals surface area (Å²) < 4.78 is 12.3. The minimum absolute atomic E-state index is 0.579. The molecule has 5 N–H and O–H groups in total. The van der Waals surface area contributed by atoms with Crippen molar-refractivity contribution in [2.75, 3.05) is 0 Å². The molecule has 1 amide bonds. The normalized spacial score (nSPS) is 15.5. The summed E-state index contributed by atoms with van der Waals surface area (Å²) in [4.78, 5) is 20.1. The summed E-state index contributed by atoms with van der Waals surface area (Å²) in [6.07, 6.45) is -2.56. The van der Waals surface area contributed by atoms with Gasteiger partial charge in [-0.1, -0.05) is 0 Å². The first-order valence-electron chi connectivity index (χ1n) is 2.87. The predicted octanol–water partition coefficient (Wildman–Crippen LogP) is -1.39. The molecule has 0 saturated carbocycles. The largest absolute Gasteiger partial charge is 0.480 e. The fraction of sp³-hybridized carbons (Fsp3) is 0.600. The maximum atomic E-state index is 12.3. The minimum Gasteiger partial charge on any atom is -0.480 e. The molecule has 0 aromatic carbocycles. The number of carboxylic acid groups (broad SMARTS) is 1. The number of hydrogen-bond donors (Lipinski definition) is 3. The van der Waals surface area contributed by atoms with E-state index in [0.29, 0.717) is 0 Å². The van der Waals surface area contributed by atoms with Crippen LogP contribution in [0.1, 0.15) is 6.42 Å². The number of carboxylic acids is 1. The SMILES string of the molecule is NC(=O)[C@@H]([18F])C[C@@H](N)C(=O)O. The number of halogens is 1. The van der Waals surface area contributed by atoms with Crippen LogP contribution in [0.15, 0.2) is 0 Å². The monoisotopic (exact) mass is 163 g/mol. The van der Waals surface area contributed by atoms with E-state index in [1.807, 2.05) is 0 Å². The maximum absolute atomic E-state index is 12.3. The fourth-order valence-corrected chi connectivity index (χ4v) is 0.440. The van der Waals surface area contributed by atoms with Crippen molar-refractivity contribution in [1.82, 2.24) is 0 Å². The Hall–Kier alpha value is -1.17. The number of rotatable bonds is 4. The molecule has 0 aliphatic rings. The number of nitrogens with two attached hydrogens (primary N) is 2. The lowest BCUT2D eigenvalue weighted by atomic mass is 10.1. The standard InChI is InChI=1S/C5H9FN2O3/c6-2(4(8)9)1-3(7)5(10)11/h2-3H,1,7H2,(H2,8,9)(H,10,11)/t2-,3+/m0/s1/i6-1. The molecule has 5 nitrogen and oxygen atoms in total. The highest BCUT2D eigenvalue weighted by atomic mass is 18.2. The summed E-state index contributed by atoms with van der Waals surface area (Å²) in [7, 11) is 0. The Kier molecular flexibility index (Phi) is 3.46. The van der Waals surface area contributed by atoms with E-state index in [0.717, 1.165) is 0 Å². The van der Waals surface area contributed by atoms with Gasteiger partial charge >= 0.3 is 5.97 Å². The lowest BCUT2D eigenvalue weighted by Gasteiger charge is -2.06. The molecule has 0 bridgehead atoms. The van der Waals surface area contributed by atoms with E-state index in [4.69, 9.17) is 10.8 Å². The van der Waals surface area contributed by atoms with Crippen LogP contribution < -0.4 is 11.5 Å². The Morgan fingerprint density at radius 2 is 2.00 bits per heavy atom. The topological polar surface area (TPSA) is 106 Å². The van der Waals surface area contributed by atoms with Gasteiger partial charge in [-0.3, -0.25) is 9.59 Å².